The average Bonchev–Trinajstić information content (AvgIpc) is 2.53. The lowest BCUT2D eigenvalue weighted by atomic mass is 10.2. The number of benzene rings is 2. The molecule has 2 rings (SSSR count). The molecule has 23 heavy (non-hydrogen) atoms. The van der Waals surface area contributed by atoms with E-state index in [0.717, 1.165) is 12.1 Å². The number of nitrogens with one attached hydrogen (secondary N) is 2. The second-order valence-electron chi connectivity index (χ2n) is 4.36. The largest absolute Gasteiger partial charge is 0.495 e. The molecule has 9 heteroatoms. The summed E-state index contributed by atoms with van der Waals surface area (Å²) in [6, 6.07) is 9.10. The lowest BCUT2D eigenvalue weighted by molar-refractivity contribution is 0.0945. The fourth-order valence-electron chi connectivity index (χ4n) is 1.70. The number of sulfonamides is 1. The number of rotatable bonds is 5. The van der Waals surface area contributed by atoms with E-state index < -0.39 is 21.7 Å². The van der Waals surface area contributed by atoms with Crippen molar-refractivity contribution in [2.45, 2.75) is 4.90 Å². The Kier molecular flexibility index (Phi) is 5.34. The molecular weight excluding hydrogens is 391 g/mol. The molecule has 6 nitrogen and oxygen atoms in total. The first-order chi connectivity index (χ1) is 10.8. The minimum atomic E-state index is -4.05. The molecule has 0 bridgehead atoms. The Balaban J connectivity index is 2.17. The first-order valence-electron chi connectivity index (χ1n) is 6.25. The standard InChI is InChI=1S/C14H12BrFN2O4S/c1-22-12-7-4-10(15)8-13(12)23(20,21)18-17-14(19)9-2-5-11(16)6-3-9/h2-8,18H,1H3,(H,17,19). The number of carbonyl (C=O) groups is 1. The van der Waals surface area contributed by atoms with Crippen molar-refractivity contribution in [3.05, 3.63) is 58.3 Å². The van der Waals surface area contributed by atoms with Crippen LogP contribution in [0.2, 0.25) is 0 Å². The van der Waals surface area contributed by atoms with E-state index >= 15 is 0 Å². The van der Waals surface area contributed by atoms with Crippen molar-refractivity contribution in [2.24, 2.45) is 0 Å². The molecule has 0 unspecified atom stereocenters. The maximum Gasteiger partial charge on any atom is 0.266 e. The number of hydrogen-bond donors (Lipinski definition) is 2. The summed E-state index contributed by atoms with van der Waals surface area (Å²) in [6.07, 6.45) is 0. The molecule has 122 valence electrons. The first-order valence-corrected chi connectivity index (χ1v) is 8.52. The summed E-state index contributed by atoms with van der Waals surface area (Å²) in [6.45, 7) is 0. The molecule has 0 spiro atoms. The monoisotopic (exact) mass is 402 g/mol. The third kappa shape index (κ3) is 4.27. The molecule has 0 aliphatic rings. The Morgan fingerprint density at radius 3 is 2.43 bits per heavy atom. The third-order valence-electron chi connectivity index (χ3n) is 2.82. The minimum absolute atomic E-state index is 0.107. The molecule has 0 fully saturated rings. The highest BCUT2D eigenvalue weighted by Crippen LogP contribution is 2.26. The van der Waals surface area contributed by atoms with E-state index in [1.54, 1.807) is 6.07 Å². The van der Waals surface area contributed by atoms with Crippen LogP contribution in [-0.2, 0) is 10.0 Å². The number of amides is 1. The van der Waals surface area contributed by atoms with Gasteiger partial charge < -0.3 is 4.74 Å². The Labute approximate surface area is 140 Å². The molecule has 2 aromatic rings. The number of hydrazine groups is 1. The fraction of sp³-hybridized carbons (Fsp3) is 0.0714. The van der Waals surface area contributed by atoms with E-state index in [4.69, 9.17) is 4.74 Å². The van der Waals surface area contributed by atoms with Crippen LogP contribution in [0.1, 0.15) is 10.4 Å². The van der Waals surface area contributed by atoms with Gasteiger partial charge in [-0.15, -0.1) is 4.83 Å². The number of ether oxygens (including phenoxy) is 1. The van der Waals surface area contributed by atoms with E-state index in [1.165, 1.54) is 31.4 Å². The molecule has 0 saturated heterocycles. The van der Waals surface area contributed by atoms with Crippen LogP contribution in [0.4, 0.5) is 4.39 Å². The van der Waals surface area contributed by atoms with Crippen LogP contribution in [0.3, 0.4) is 0 Å². The van der Waals surface area contributed by atoms with Crippen LogP contribution in [-0.4, -0.2) is 21.4 Å². The fourth-order valence-corrected chi connectivity index (χ4v) is 3.25. The second-order valence-corrected chi connectivity index (χ2v) is 6.93. The van der Waals surface area contributed by atoms with Gasteiger partial charge in [0.25, 0.3) is 15.9 Å². The Hall–Kier alpha value is -1.97. The molecular formula is C14H12BrFN2O4S. The highest BCUT2D eigenvalue weighted by Gasteiger charge is 2.21. The molecule has 0 aromatic heterocycles. The van der Waals surface area contributed by atoms with Gasteiger partial charge >= 0.3 is 0 Å². The summed E-state index contributed by atoms with van der Waals surface area (Å²) >= 11 is 3.17. The molecule has 1 amide bonds. The van der Waals surface area contributed by atoms with Crippen molar-refractivity contribution in [1.29, 1.82) is 0 Å². The van der Waals surface area contributed by atoms with E-state index in [2.05, 4.69) is 21.4 Å². The van der Waals surface area contributed by atoms with E-state index in [1.807, 2.05) is 4.83 Å². The van der Waals surface area contributed by atoms with Crippen molar-refractivity contribution in [3.8, 4) is 5.75 Å². The molecule has 0 aliphatic carbocycles. The van der Waals surface area contributed by atoms with Gasteiger partial charge in [-0.2, -0.15) is 0 Å². The second kappa shape index (κ2) is 7.07. The molecule has 0 saturated carbocycles. The summed E-state index contributed by atoms with van der Waals surface area (Å²) in [7, 11) is -2.72. The van der Waals surface area contributed by atoms with E-state index in [-0.39, 0.29) is 16.2 Å². The van der Waals surface area contributed by atoms with Gasteiger partial charge in [0.05, 0.1) is 7.11 Å². The van der Waals surface area contributed by atoms with Crippen LogP contribution >= 0.6 is 15.9 Å². The Morgan fingerprint density at radius 2 is 1.83 bits per heavy atom. The van der Waals surface area contributed by atoms with Crippen LogP contribution in [0.25, 0.3) is 0 Å². The highest BCUT2D eigenvalue weighted by atomic mass is 79.9. The van der Waals surface area contributed by atoms with Gasteiger partial charge in [-0.05, 0) is 42.5 Å². The highest BCUT2D eigenvalue weighted by molar-refractivity contribution is 9.10. The van der Waals surface area contributed by atoms with E-state index in [9.17, 15) is 17.6 Å². The topological polar surface area (TPSA) is 84.5 Å². The van der Waals surface area contributed by atoms with E-state index in [0.29, 0.717) is 4.47 Å². The van der Waals surface area contributed by atoms with Gasteiger partial charge in [0.2, 0.25) is 0 Å². The SMILES string of the molecule is COc1ccc(Br)cc1S(=O)(=O)NNC(=O)c1ccc(F)cc1. The number of methoxy groups -OCH3 is 1. The first kappa shape index (κ1) is 17.4. The van der Waals surface area contributed by atoms with Gasteiger partial charge in [0.1, 0.15) is 16.5 Å². The van der Waals surface area contributed by atoms with Gasteiger partial charge in [-0.3, -0.25) is 10.2 Å². The number of halogens is 2. The lowest BCUT2D eigenvalue weighted by Crippen LogP contribution is -2.41. The quantitative estimate of drug-likeness (QED) is 0.750. The third-order valence-corrected chi connectivity index (χ3v) is 4.58. The summed E-state index contributed by atoms with van der Waals surface area (Å²) in [5.74, 6) is -1.10. The molecule has 0 atom stereocenters. The maximum absolute atomic E-state index is 12.8. The molecule has 0 heterocycles. The summed E-state index contributed by atoms with van der Waals surface area (Å²) in [4.78, 5) is 13.7. The van der Waals surface area contributed by atoms with Crippen LogP contribution in [0.5, 0.6) is 5.75 Å². The van der Waals surface area contributed by atoms with Crippen molar-refractivity contribution in [1.82, 2.24) is 10.3 Å². The molecule has 2 N–H and O–H groups in total. The molecule has 2 aromatic carbocycles. The van der Waals surface area contributed by atoms with Crippen LogP contribution in [0, 0.1) is 5.82 Å². The normalized spacial score (nSPS) is 11.1. The predicted molar refractivity (Wildman–Crippen MR) is 84.9 cm³/mol. The van der Waals surface area contributed by atoms with Crippen molar-refractivity contribution < 1.29 is 22.3 Å². The maximum atomic E-state index is 12.8. The Bertz CT molecular complexity index is 825. The minimum Gasteiger partial charge on any atom is -0.495 e. The Morgan fingerprint density at radius 1 is 1.17 bits per heavy atom. The van der Waals surface area contributed by atoms with Crippen molar-refractivity contribution in [2.75, 3.05) is 7.11 Å². The van der Waals surface area contributed by atoms with Crippen molar-refractivity contribution >= 4 is 31.9 Å². The van der Waals surface area contributed by atoms with Gasteiger partial charge in [-0.1, -0.05) is 15.9 Å². The zero-order valence-corrected chi connectivity index (χ0v) is 14.2. The average molecular weight is 403 g/mol. The van der Waals surface area contributed by atoms with Crippen LogP contribution in [0.15, 0.2) is 51.8 Å². The van der Waals surface area contributed by atoms with Crippen molar-refractivity contribution in [3.63, 3.8) is 0 Å². The van der Waals surface area contributed by atoms with Crippen LogP contribution < -0.4 is 15.0 Å². The van der Waals surface area contributed by atoms with Gasteiger partial charge in [-0.25, -0.2) is 12.8 Å². The smallest absolute Gasteiger partial charge is 0.266 e. The summed E-state index contributed by atoms with van der Waals surface area (Å²) < 4.78 is 42.9. The lowest BCUT2D eigenvalue weighted by Gasteiger charge is -2.12. The number of hydrogen-bond acceptors (Lipinski definition) is 4. The van der Waals surface area contributed by atoms with Gasteiger partial charge in [0, 0.05) is 10.0 Å². The molecule has 0 aliphatic heterocycles. The summed E-state index contributed by atoms with van der Waals surface area (Å²) in [5.41, 5.74) is 2.16. The summed E-state index contributed by atoms with van der Waals surface area (Å²) in [5, 5.41) is 0. The zero-order valence-electron chi connectivity index (χ0n) is 11.8. The number of carbonyl (C=O) groups excluding carboxylic acids is 1. The predicted octanol–water partition coefficient (Wildman–Crippen LogP) is 2.22. The van der Waals surface area contributed by atoms with Gasteiger partial charge in [0.15, 0.2) is 0 Å². The molecule has 0 radical (unpaired) electrons. The zero-order chi connectivity index (χ0) is 17.0.